The maximum atomic E-state index is 11.3. The number of ether oxygens (including phenoxy) is 1. The van der Waals surface area contributed by atoms with E-state index in [0.29, 0.717) is 6.42 Å². The van der Waals surface area contributed by atoms with Gasteiger partial charge in [0, 0.05) is 12.6 Å². The topological polar surface area (TPSA) is 81.0 Å². The van der Waals surface area contributed by atoms with Crippen LogP contribution in [0, 0.1) is 0 Å². The van der Waals surface area contributed by atoms with Gasteiger partial charge in [0.15, 0.2) is 0 Å². The Hall–Kier alpha value is -1.36. The van der Waals surface area contributed by atoms with Crippen molar-refractivity contribution in [2.75, 3.05) is 0 Å². The normalized spacial score (nSPS) is 12.9. The van der Waals surface area contributed by atoms with Crippen LogP contribution in [0.5, 0.6) is 0 Å². The van der Waals surface area contributed by atoms with Gasteiger partial charge in [-0.2, -0.15) is 0 Å². The van der Waals surface area contributed by atoms with Gasteiger partial charge in [-0.1, -0.05) is 0 Å². The number of carbonyl (C=O) groups is 1. The van der Waals surface area contributed by atoms with E-state index < -0.39 is 6.04 Å². The molecule has 0 spiro atoms. The molecule has 78 valence electrons. The molecule has 1 atom stereocenters. The highest BCUT2D eigenvalue weighted by molar-refractivity contribution is 5.75. The second-order valence-corrected chi connectivity index (χ2v) is 3.36. The van der Waals surface area contributed by atoms with E-state index in [4.69, 9.17) is 10.5 Å². The summed E-state index contributed by atoms with van der Waals surface area (Å²) in [5.41, 5.74) is 6.39. The molecule has 1 heterocycles. The molecule has 0 saturated carbocycles. The standard InChI is InChI=1S/C9H15N3O2/c1-6(2)14-9(13)8(10)3-7-4-11-5-12-7/h4-6,8H,3,10H2,1-2H3,(H,11,12)/t8-/m0/s1. The van der Waals surface area contributed by atoms with Crippen LogP contribution < -0.4 is 5.73 Å². The molecular weight excluding hydrogens is 182 g/mol. The number of aromatic nitrogens is 2. The lowest BCUT2D eigenvalue weighted by Crippen LogP contribution is -2.35. The van der Waals surface area contributed by atoms with Gasteiger partial charge in [0.2, 0.25) is 0 Å². The van der Waals surface area contributed by atoms with E-state index in [1.165, 1.54) is 0 Å². The monoisotopic (exact) mass is 197 g/mol. The van der Waals surface area contributed by atoms with Gasteiger partial charge >= 0.3 is 5.97 Å². The first-order chi connectivity index (χ1) is 6.59. The first-order valence-corrected chi connectivity index (χ1v) is 4.53. The van der Waals surface area contributed by atoms with Gasteiger partial charge in [-0.15, -0.1) is 0 Å². The highest BCUT2D eigenvalue weighted by Gasteiger charge is 2.17. The van der Waals surface area contributed by atoms with E-state index in [1.807, 2.05) is 0 Å². The lowest BCUT2D eigenvalue weighted by atomic mass is 10.2. The molecule has 1 aromatic rings. The predicted octanol–water partition coefficient (Wildman–Crippen LogP) is 0.231. The van der Waals surface area contributed by atoms with Crippen LogP contribution in [0.3, 0.4) is 0 Å². The number of esters is 1. The molecular formula is C9H15N3O2. The summed E-state index contributed by atoms with van der Waals surface area (Å²) in [5.74, 6) is -0.386. The minimum absolute atomic E-state index is 0.132. The van der Waals surface area contributed by atoms with Crippen molar-refractivity contribution in [2.45, 2.75) is 32.4 Å². The number of nitrogens with two attached hydrogens (primary N) is 1. The van der Waals surface area contributed by atoms with Gasteiger partial charge in [-0.3, -0.25) is 4.79 Å². The summed E-state index contributed by atoms with van der Waals surface area (Å²) in [7, 11) is 0. The van der Waals surface area contributed by atoms with Gasteiger partial charge in [-0.05, 0) is 13.8 Å². The zero-order valence-electron chi connectivity index (χ0n) is 8.36. The van der Waals surface area contributed by atoms with Crippen LogP contribution in [0.2, 0.25) is 0 Å². The molecule has 3 N–H and O–H groups in total. The highest BCUT2D eigenvalue weighted by Crippen LogP contribution is 1.99. The Morgan fingerprint density at radius 3 is 2.93 bits per heavy atom. The minimum atomic E-state index is -0.638. The number of carbonyl (C=O) groups excluding carboxylic acids is 1. The third kappa shape index (κ3) is 3.18. The van der Waals surface area contributed by atoms with Gasteiger partial charge in [0.05, 0.1) is 18.1 Å². The molecule has 0 saturated heterocycles. The number of aromatic amines is 1. The van der Waals surface area contributed by atoms with Crippen molar-refractivity contribution in [3.63, 3.8) is 0 Å². The number of hydrogen-bond acceptors (Lipinski definition) is 4. The zero-order valence-corrected chi connectivity index (χ0v) is 8.36. The third-order valence-electron chi connectivity index (χ3n) is 1.64. The summed E-state index contributed by atoms with van der Waals surface area (Å²) in [4.78, 5) is 18.1. The maximum Gasteiger partial charge on any atom is 0.323 e. The van der Waals surface area contributed by atoms with E-state index in [9.17, 15) is 4.79 Å². The van der Waals surface area contributed by atoms with Gasteiger partial charge < -0.3 is 15.5 Å². The summed E-state index contributed by atoms with van der Waals surface area (Å²) in [6.07, 6.45) is 3.53. The van der Waals surface area contributed by atoms with Gasteiger partial charge in [0.25, 0.3) is 0 Å². The molecule has 0 aromatic carbocycles. The van der Waals surface area contributed by atoms with Crippen LogP contribution in [0.25, 0.3) is 0 Å². The molecule has 0 fully saturated rings. The molecule has 5 heteroatoms. The fourth-order valence-electron chi connectivity index (χ4n) is 1.03. The molecule has 0 bridgehead atoms. The van der Waals surface area contributed by atoms with Crippen molar-refractivity contribution in [1.82, 2.24) is 9.97 Å². The molecule has 5 nitrogen and oxygen atoms in total. The second-order valence-electron chi connectivity index (χ2n) is 3.36. The molecule has 0 radical (unpaired) electrons. The van der Waals surface area contributed by atoms with Crippen molar-refractivity contribution in [1.29, 1.82) is 0 Å². The summed E-state index contributed by atoms with van der Waals surface area (Å²) in [6, 6.07) is -0.638. The van der Waals surface area contributed by atoms with Crippen molar-refractivity contribution < 1.29 is 9.53 Å². The van der Waals surface area contributed by atoms with Crippen molar-refractivity contribution in [3.8, 4) is 0 Å². The number of imidazole rings is 1. The predicted molar refractivity (Wildman–Crippen MR) is 51.5 cm³/mol. The minimum Gasteiger partial charge on any atom is -0.462 e. The lowest BCUT2D eigenvalue weighted by Gasteiger charge is -2.12. The quantitative estimate of drug-likeness (QED) is 0.677. The van der Waals surface area contributed by atoms with Crippen molar-refractivity contribution in [3.05, 3.63) is 18.2 Å². The van der Waals surface area contributed by atoms with E-state index in [0.717, 1.165) is 5.69 Å². The average Bonchev–Trinajstić information content (AvgIpc) is 2.55. The molecule has 0 aliphatic rings. The SMILES string of the molecule is CC(C)OC(=O)[C@@H](N)Cc1c[nH]cn1. The van der Waals surface area contributed by atoms with E-state index in [1.54, 1.807) is 26.4 Å². The smallest absolute Gasteiger partial charge is 0.323 e. The fraction of sp³-hybridized carbons (Fsp3) is 0.556. The molecule has 0 unspecified atom stereocenters. The van der Waals surface area contributed by atoms with Crippen LogP contribution in [-0.4, -0.2) is 28.1 Å². The summed E-state index contributed by atoms with van der Waals surface area (Å²) in [5, 5.41) is 0. The highest BCUT2D eigenvalue weighted by atomic mass is 16.5. The van der Waals surface area contributed by atoms with Crippen molar-refractivity contribution >= 4 is 5.97 Å². The Morgan fingerprint density at radius 2 is 2.43 bits per heavy atom. The van der Waals surface area contributed by atoms with E-state index in [-0.39, 0.29) is 12.1 Å². The Labute approximate surface area is 82.7 Å². The molecule has 1 rings (SSSR count). The summed E-state index contributed by atoms with van der Waals surface area (Å²) >= 11 is 0. The Balaban J connectivity index is 2.42. The number of nitrogens with zero attached hydrogens (tertiary/aromatic N) is 1. The van der Waals surface area contributed by atoms with Gasteiger partial charge in [-0.25, -0.2) is 4.98 Å². The van der Waals surface area contributed by atoms with Crippen LogP contribution in [-0.2, 0) is 16.0 Å². The van der Waals surface area contributed by atoms with E-state index in [2.05, 4.69) is 9.97 Å². The van der Waals surface area contributed by atoms with Crippen LogP contribution in [0.4, 0.5) is 0 Å². The lowest BCUT2D eigenvalue weighted by molar-refractivity contribution is -0.148. The van der Waals surface area contributed by atoms with Gasteiger partial charge in [0.1, 0.15) is 6.04 Å². The largest absolute Gasteiger partial charge is 0.462 e. The second kappa shape index (κ2) is 4.76. The molecule has 1 aromatic heterocycles. The molecule has 0 aliphatic carbocycles. The van der Waals surface area contributed by atoms with E-state index >= 15 is 0 Å². The first kappa shape index (κ1) is 10.7. The summed E-state index contributed by atoms with van der Waals surface area (Å²) in [6.45, 7) is 3.58. The molecule has 0 amide bonds. The number of hydrogen-bond donors (Lipinski definition) is 2. The van der Waals surface area contributed by atoms with Crippen LogP contribution in [0.15, 0.2) is 12.5 Å². The summed E-state index contributed by atoms with van der Waals surface area (Å²) < 4.78 is 4.96. The molecule has 14 heavy (non-hydrogen) atoms. The third-order valence-corrected chi connectivity index (χ3v) is 1.64. The zero-order chi connectivity index (χ0) is 10.6. The Kier molecular flexibility index (Phi) is 3.64. The average molecular weight is 197 g/mol. The maximum absolute atomic E-state index is 11.3. The number of H-pyrrole nitrogens is 1. The van der Waals surface area contributed by atoms with Crippen LogP contribution >= 0.6 is 0 Å². The number of rotatable bonds is 4. The van der Waals surface area contributed by atoms with Crippen molar-refractivity contribution in [2.24, 2.45) is 5.73 Å². The Bertz CT molecular complexity index is 282. The first-order valence-electron chi connectivity index (χ1n) is 4.53. The fourth-order valence-corrected chi connectivity index (χ4v) is 1.03. The molecule has 0 aliphatic heterocycles. The number of nitrogens with one attached hydrogen (secondary N) is 1. The van der Waals surface area contributed by atoms with Crippen LogP contribution in [0.1, 0.15) is 19.5 Å². The Morgan fingerprint density at radius 1 is 1.71 bits per heavy atom.